The molecule has 0 unspecified atom stereocenters. The maximum Gasteiger partial charge on any atom is 0.100 e. The molecule has 2 aromatic heterocycles. The van der Waals surface area contributed by atoms with E-state index in [9.17, 15) is 5.21 Å². The van der Waals surface area contributed by atoms with Gasteiger partial charge in [-0.25, -0.2) is 0 Å². The first-order valence-corrected chi connectivity index (χ1v) is 16.5. The fraction of sp³-hybridized carbons (Fsp3) is 0.200. The normalized spacial score (nSPS) is 17.4. The highest BCUT2D eigenvalue weighted by Crippen LogP contribution is 2.39. The lowest BCUT2D eigenvalue weighted by Crippen LogP contribution is -2.33. The average molecular weight is 775 g/mol. The highest BCUT2D eigenvalue weighted by molar-refractivity contribution is 9.10. The lowest BCUT2D eigenvalue weighted by atomic mass is 9.94. The summed E-state index contributed by atoms with van der Waals surface area (Å²) >= 11 is 19.1. The van der Waals surface area contributed by atoms with Crippen LogP contribution in [0.4, 0.5) is 4.70 Å². The number of fused-ring (bicyclic) bond motifs is 6. The monoisotopic (exact) mass is 772 g/mol. The molecule has 4 N–H and O–H groups in total. The van der Waals surface area contributed by atoms with Crippen molar-refractivity contribution < 1.29 is 9.91 Å². The van der Waals surface area contributed by atoms with Crippen LogP contribution in [0, 0.1) is 0 Å². The van der Waals surface area contributed by atoms with Crippen LogP contribution >= 0.6 is 55.1 Å². The van der Waals surface area contributed by atoms with Crippen LogP contribution in [0.25, 0.3) is 21.8 Å². The molecule has 2 atom stereocenters. The topological polar surface area (TPSA) is 67.1 Å². The van der Waals surface area contributed by atoms with Gasteiger partial charge in [0.05, 0.1) is 6.04 Å². The predicted molar refractivity (Wildman–Crippen MR) is 192 cm³/mol. The largest absolute Gasteiger partial charge is 0.357 e. The highest BCUT2D eigenvalue weighted by Gasteiger charge is 2.31. The first-order chi connectivity index (χ1) is 20.9. The lowest BCUT2D eigenvalue weighted by molar-refractivity contribution is -0.122. The molecule has 4 aromatic carbocycles. The van der Waals surface area contributed by atoms with Crippen LogP contribution in [-0.2, 0) is 12.8 Å². The van der Waals surface area contributed by atoms with E-state index in [2.05, 4.69) is 89.6 Å². The third-order valence-corrected chi connectivity index (χ3v) is 9.86. The van der Waals surface area contributed by atoms with E-state index >= 15 is 0 Å². The minimum absolute atomic E-state index is 0. The van der Waals surface area contributed by atoms with Crippen molar-refractivity contribution in [2.75, 3.05) is 13.1 Å². The second-order valence-electron chi connectivity index (χ2n) is 11.0. The number of hydrogen-bond donors (Lipinski definition) is 4. The number of H-pyrrole nitrogens is 2. The molecular formula is C35H33Br2Cl2FN4O. The maximum atomic E-state index is 10.4. The molecule has 0 aliphatic carbocycles. The average Bonchev–Trinajstić information content (AvgIpc) is 3.56. The summed E-state index contributed by atoms with van der Waals surface area (Å²) in [6, 6.07) is 28.4. The summed E-state index contributed by atoms with van der Waals surface area (Å²) < 4.78 is 2.19. The fourth-order valence-electron chi connectivity index (χ4n) is 6.37. The van der Waals surface area contributed by atoms with Gasteiger partial charge in [0.2, 0.25) is 0 Å². The van der Waals surface area contributed by atoms with E-state index < -0.39 is 0 Å². The number of benzene rings is 4. The van der Waals surface area contributed by atoms with E-state index in [-0.39, 0.29) is 24.2 Å². The molecule has 2 aliphatic rings. The minimum atomic E-state index is -0.188. The van der Waals surface area contributed by atoms with Gasteiger partial charge in [-0.2, -0.15) is 5.06 Å². The predicted octanol–water partition coefficient (Wildman–Crippen LogP) is 10.5. The molecule has 2 aliphatic heterocycles. The number of nitrogens with one attached hydrogen (secondary N) is 3. The first-order valence-electron chi connectivity index (χ1n) is 14.2. The SMILES string of the molecule is C.Clc1ccc([C@@H]2NCCc3c2[nH]c2ccc(Br)cc32)cc1.F.ON1CCc2c([nH]c3ccc(Br)cc23)[C@@H]1c1ccc(Cl)cc1. The van der Waals surface area contributed by atoms with Crippen molar-refractivity contribution in [1.82, 2.24) is 20.3 Å². The summed E-state index contributed by atoms with van der Waals surface area (Å²) in [7, 11) is 0. The molecule has 234 valence electrons. The smallest absolute Gasteiger partial charge is 0.100 e. The molecule has 0 saturated heterocycles. The molecule has 4 heterocycles. The van der Waals surface area contributed by atoms with E-state index in [1.54, 1.807) is 0 Å². The Hall–Kier alpha value is -2.69. The van der Waals surface area contributed by atoms with Crippen LogP contribution in [0.1, 0.15) is 53.2 Å². The number of halogens is 5. The zero-order chi connectivity index (χ0) is 29.7. The lowest BCUT2D eigenvalue weighted by Gasteiger charge is -2.31. The van der Waals surface area contributed by atoms with Crippen molar-refractivity contribution in [3.63, 3.8) is 0 Å². The van der Waals surface area contributed by atoms with Gasteiger partial charge in [-0.1, -0.05) is 86.8 Å². The van der Waals surface area contributed by atoms with Gasteiger partial charge in [-0.15, -0.1) is 0 Å². The fourth-order valence-corrected chi connectivity index (χ4v) is 7.35. The highest BCUT2D eigenvalue weighted by atomic mass is 79.9. The van der Waals surface area contributed by atoms with Crippen LogP contribution in [-0.4, -0.2) is 33.3 Å². The summed E-state index contributed by atoms with van der Waals surface area (Å²) in [6.45, 7) is 1.60. The van der Waals surface area contributed by atoms with Gasteiger partial charge in [-0.05, 0) is 95.8 Å². The van der Waals surface area contributed by atoms with Crippen molar-refractivity contribution in [3.05, 3.63) is 138 Å². The van der Waals surface area contributed by atoms with Crippen molar-refractivity contribution in [1.29, 1.82) is 0 Å². The summed E-state index contributed by atoms with van der Waals surface area (Å²) in [5, 5.41) is 19.4. The van der Waals surface area contributed by atoms with Gasteiger partial charge in [-0.3, -0.25) is 4.70 Å². The van der Waals surface area contributed by atoms with Gasteiger partial charge in [0, 0.05) is 65.3 Å². The van der Waals surface area contributed by atoms with Gasteiger partial charge in [0.25, 0.3) is 0 Å². The Morgan fingerprint density at radius 1 is 0.689 bits per heavy atom. The standard InChI is InChI=1S/C17H14BrClN2O.C17H14BrClN2.CH4.FH/c18-11-3-6-15-14(9-11)13-7-8-21(22)17(16(13)20-15)10-1-4-12(19)5-2-10;18-11-3-6-15-14(9-11)13-7-8-20-16(17(13)21-15)10-1-4-12(19)5-2-10;;/h1-6,9,17,20,22H,7-8H2;1-6,9,16,20-21H,7-8H2;1H4;1H/t17-;16-;;/m00../s1. The number of aromatic nitrogens is 2. The quantitative estimate of drug-likeness (QED) is 0.142. The molecule has 6 aromatic rings. The molecule has 0 bridgehead atoms. The van der Waals surface area contributed by atoms with Crippen molar-refractivity contribution in [2.45, 2.75) is 32.4 Å². The minimum Gasteiger partial charge on any atom is -0.357 e. The van der Waals surface area contributed by atoms with Gasteiger partial charge in [0.15, 0.2) is 0 Å². The Kier molecular flexibility index (Phi) is 10.5. The Labute approximate surface area is 288 Å². The molecule has 5 nitrogen and oxygen atoms in total. The van der Waals surface area contributed by atoms with Gasteiger partial charge < -0.3 is 20.5 Å². The van der Waals surface area contributed by atoms with E-state index in [1.165, 1.54) is 43.7 Å². The summed E-state index contributed by atoms with van der Waals surface area (Å²) in [5.41, 5.74) is 9.60. The second kappa shape index (κ2) is 14.0. The van der Waals surface area contributed by atoms with Crippen LogP contribution in [0.3, 0.4) is 0 Å². The van der Waals surface area contributed by atoms with E-state index in [0.29, 0.717) is 11.6 Å². The van der Waals surface area contributed by atoms with Gasteiger partial charge >= 0.3 is 0 Å². The molecule has 0 saturated carbocycles. The van der Waals surface area contributed by atoms with Crippen molar-refractivity contribution in [2.24, 2.45) is 0 Å². The molecule has 0 amide bonds. The second-order valence-corrected chi connectivity index (χ2v) is 13.7. The van der Waals surface area contributed by atoms with E-state index in [1.807, 2.05) is 42.5 Å². The summed E-state index contributed by atoms with van der Waals surface area (Å²) in [6.07, 6.45) is 1.88. The Morgan fingerprint density at radius 3 is 1.78 bits per heavy atom. The number of aromatic amines is 2. The van der Waals surface area contributed by atoms with E-state index in [0.717, 1.165) is 50.1 Å². The summed E-state index contributed by atoms with van der Waals surface area (Å²) in [5.74, 6) is 0. The zero-order valence-corrected chi connectivity index (χ0v) is 28.1. The molecule has 8 rings (SSSR count). The molecular weight excluding hydrogens is 742 g/mol. The van der Waals surface area contributed by atoms with Crippen LogP contribution in [0.15, 0.2) is 93.9 Å². The van der Waals surface area contributed by atoms with Gasteiger partial charge in [0.1, 0.15) is 6.04 Å². The maximum absolute atomic E-state index is 10.4. The molecule has 0 radical (unpaired) electrons. The number of rotatable bonds is 2. The Bertz CT molecular complexity index is 1940. The number of nitrogens with zero attached hydrogens (tertiary/aromatic N) is 1. The molecule has 0 fully saturated rings. The number of hydrogen-bond acceptors (Lipinski definition) is 3. The molecule has 45 heavy (non-hydrogen) atoms. The zero-order valence-electron chi connectivity index (χ0n) is 23.4. The third-order valence-electron chi connectivity index (χ3n) is 8.37. The molecule has 10 heteroatoms. The van der Waals surface area contributed by atoms with Crippen molar-refractivity contribution >= 4 is 76.9 Å². The van der Waals surface area contributed by atoms with E-state index in [4.69, 9.17) is 23.2 Å². The molecule has 0 spiro atoms. The third kappa shape index (κ3) is 6.60. The van der Waals surface area contributed by atoms with Crippen molar-refractivity contribution in [3.8, 4) is 0 Å². The van der Waals surface area contributed by atoms with Crippen LogP contribution < -0.4 is 5.32 Å². The van der Waals surface area contributed by atoms with Crippen LogP contribution in [0.5, 0.6) is 0 Å². The Morgan fingerprint density at radius 2 is 1.20 bits per heavy atom. The first kappa shape index (κ1) is 33.7. The van der Waals surface area contributed by atoms with Crippen LogP contribution in [0.2, 0.25) is 10.0 Å². The summed E-state index contributed by atoms with van der Waals surface area (Å²) in [4.78, 5) is 7.07. The number of hydroxylamine groups is 2. The Balaban J connectivity index is 0.000000170.